The van der Waals surface area contributed by atoms with E-state index in [0.717, 1.165) is 15.6 Å². The molecule has 5 nitrogen and oxygen atoms in total. The Labute approximate surface area is 149 Å². The summed E-state index contributed by atoms with van der Waals surface area (Å²) in [6, 6.07) is 15.0. The van der Waals surface area contributed by atoms with Crippen LogP contribution in [0.3, 0.4) is 0 Å². The van der Waals surface area contributed by atoms with Crippen molar-refractivity contribution in [1.82, 2.24) is 5.32 Å². The molecule has 0 atom stereocenters. The van der Waals surface area contributed by atoms with Gasteiger partial charge < -0.3 is 16.4 Å². The number of carbonyl (C=O) groups excluding carboxylic acids is 2. The van der Waals surface area contributed by atoms with Crippen molar-refractivity contribution in [3.8, 4) is 0 Å². The summed E-state index contributed by atoms with van der Waals surface area (Å²) in [6.07, 6.45) is 0. The molecule has 0 radical (unpaired) electrons. The van der Waals surface area contributed by atoms with Gasteiger partial charge in [0, 0.05) is 29.0 Å². The predicted molar refractivity (Wildman–Crippen MR) is 102 cm³/mol. The number of benzene rings is 2. The molecule has 0 saturated carbocycles. The SMILES string of the molecule is Cc1ccc(C(=O)NCCN)cc1NC(=O)c1cc2ccccc2s1. The van der Waals surface area contributed by atoms with Crippen molar-refractivity contribution < 1.29 is 9.59 Å². The standard InChI is InChI=1S/C19H19N3O2S/c1-12-6-7-14(18(23)21-9-8-20)10-15(12)22-19(24)17-11-13-4-2-3-5-16(13)25-17/h2-7,10-11H,8-9,20H2,1H3,(H,21,23)(H,22,24). The third-order valence-corrected chi connectivity index (χ3v) is 4.94. The van der Waals surface area contributed by atoms with Crippen molar-refractivity contribution in [2.24, 2.45) is 5.73 Å². The van der Waals surface area contributed by atoms with Crippen LogP contribution in [0.4, 0.5) is 5.69 Å². The quantitative estimate of drug-likeness (QED) is 0.659. The second-order valence-corrected chi connectivity index (χ2v) is 6.76. The van der Waals surface area contributed by atoms with Crippen molar-refractivity contribution in [3.63, 3.8) is 0 Å². The number of hydrogen-bond acceptors (Lipinski definition) is 4. The summed E-state index contributed by atoms with van der Waals surface area (Å²) in [6.45, 7) is 2.69. The first-order valence-electron chi connectivity index (χ1n) is 7.97. The Morgan fingerprint density at radius 1 is 1.08 bits per heavy atom. The van der Waals surface area contributed by atoms with Gasteiger partial charge in [-0.05, 0) is 42.1 Å². The summed E-state index contributed by atoms with van der Waals surface area (Å²) < 4.78 is 1.07. The number of nitrogens with one attached hydrogen (secondary N) is 2. The Hall–Kier alpha value is -2.70. The molecule has 3 rings (SSSR count). The van der Waals surface area contributed by atoms with Crippen LogP contribution in [-0.2, 0) is 0 Å². The molecule has 2 amide bonds. The Bertz CT molecular complexity index is 900. The largest absolute Gasteiger partial charge is 0.351 e. The molecule has 1 heterocycles. The summed E-state index contributed by atoms with van der Waals surface area (Å²) >= 11 is 1.45. The van der Waals surface area contributed by atoms with Gasteiger partial charge in [0.05, 0.1) is 4.88 Å². The summed E-state index contributed by atoms with van der Waals surface area (Å²) in [5.74, 6) is -0.383. The van der Waals surface area contributed by atoms with Crippen LogP contribution in [0.1, 0.15) is 25.6 Å². The van der Waals surface area contributed by atoms with Crippen LogP contribution >= 0.6 is 11.3 Å². The van der Waals surface area contributed by atoms with Gasteiger partial charge in [-0.3, -0.25) is 9.59 Å². The minimum Gasteiger partial charge on any atom is -0.351 e. The molecule has 0 saturated heterocycles. The van der Waals surface area contributed by atoms with E-state index < -0.39 is 0 Å². The smallest absolute Gasteiger partial charge is 0.265 e. The van der Waals surface area contributed by atoms with Crippen molar-refractivity contribution in [3.05, 3.63) is 64.5 Å². The van der Waals surface area contributed by atoms with Crippen molar-refractivity contribution in [2.45, 2.75) is 6.92 Å². The number of rotatable bonds is 5. The Morgan fingerprint density at radius 3 is 2.64 bits per heavy atom. The summed E-state index contributed by atoms with van der Waals surface area (Å²) in [5, 5.41) is 6.67. The third kappa shape index (κ3) is 3.87. The molecule has 2 aromatic carbocycles. The average Bonchev–Trinajstić information content (AvgIpc) is 3.05. The lowest BCUT2D eigenvalue weighted by molar-refractivity contribution is 0.0953. The van der Waals surface area contributed by atoms with E-state index in [2.05, 4.69) is 10.6 Å². The fourth-order valence-corrected chi connectivity index (χ4v) is 3.42. The van der Waals surface area contributed by atoms with Crippen LogP contribution in [0.2, 0.25) is 0 Å². The molecule has 3 aromatic rings. The van der Waals surface area contributed by atoms with Crippen LogP contribution in [0.5, 0.6) is 0 Å². The summed E-state index contributed by atoms with van der Waals surface area (Å²) in [5.41, 5.74) is 7.41. The molecule has 4 N–H and O–H groups in total. The van der Waals surface area contributed by atoms with Gasteiger partial charge in [0.2, 0.25) is 0 Å². The highest BCUT2D eigenvalue weighted by Gasteiger charge is 2.13. The van der Waals surface area contributed by atoms with E-state index in [1.54, 1.807) is 12.1 Å². The summed E-state index contributed by atoms with van der Waals surface area (Å²) in [4.78, 5) is 25.3. The van der Waals surface area contributed by atoms with E-state index in [0.29, 0.717) is 29.2 Å². The number of amides is 2. The lowest BCUT2D eigenvalue weighted by Crippen LogP contribution is -2.29. The van der Waals surface area contributed by atoms with Gasteiger partial charge in [0.15, 0.2) is 0 Å². The maximum Gasteiger partial charge on any atom is 0.265 e. The van der Waals surface area contributed by atoms with Crippen LogP contribution in [0, 0.1) is 6.92 Å². The molecule has 128 valence electrons. The van der Waals surface area contributed by atoms with Crippen molar-refractivity contribution in [2.75, 3.05) is 18.4 Å². The normalized spacial score (nSPS) is 10.6. The molecule has 0 fully saturated rings. The van der Waals surface area contributed by atoms with Crippen LogP contribution < -0.4 is 16.4 Å². The lowest BCUT2D eigenvalue weighted by atomic mass is 10.1. The number of aryl methyl sites for hydroxylation is 1. The van der Waals surface area contributed by atoms with Gasteiger partial charge in [-0.25, -0.2) is 0 Å². The molecule has 0 unspecified atom stereocenters. The second kappa shape index (κ2) is 7.46. The van der Waals surface area contributed by atoms with Crippen molar-refractivity contribution in [1.29, 1.82) is 0 Å². The Balaban J connectivity index is 1.81. The third-order valence-electron chi connectivity index (χ3n) is 3.83. The topological polar surface area (TPSA) is 84.2 Å². The minimum absolute atomic E-state index is 0.177. The number of carbonyl (C=O) groups is 2. The van der Waals surface area contributed by atoms with Crippen LogP contribution in [0.15, 0.2) is 48.5 Å². The Morgan fingerprint density at radius 2 is 1.88 bits per heavy atom. The number of anilines is 1. The number of thiophene rings is 1. The van der Waals surface area contributed by atoms with E-state index in [1.165, 1.54) is 11.3 Å². The molecule has 0 aliphatic rings. The highest BCUT2D eigenvalue weighted by atomic mass is 32.1. The van der Waals surface area contributed by atoms with E-state index in [1.807, 2.05) is 43.3 Å². The van der Waals surface area contributed by atoms with E-state index in [-0.39, 0.29) is 11.8 Å². The molecule has 0 aliphatic heterocycles. The first kappa shape index (κ1) is 17.1. The zero-order chi connectivity index (χ0) is 17.8. The van der Waals surface area contributed by atoms with Gasteiger partial charge in [-0.1, -0.05) is 24.3 Å². The van der Waals surface area contributed by atoms with Gasteiger partial charge in [0.1, 0.15) is 0 Å². The highest BCUT2D eigenvalue weighted by Crippen LogP contribution is 2.26. The van der Waals surface area contributed by atoms with Gasteiger partial charge in [0.25, 0.3) is 11.8 Å². The van der Waals surface area contributed by atoms with Gasteiger partial charge in [-0.15, -0.1) is 11.3 Å². The maximum absolute atomic E-state index is 12.6. The Kier molecular flexibility index (Phi) is 5.11. The first-order valence-corrected chi connectivity index (χ1v) is 8.79. The average molecular weight is 353 g/mol. The predicted octanol–water partition coefficient (Wildman–Crippen LogP) is 3.15. The fraction of sp³-hybridized carbons (Fsp3) is 0.158. The minimum atomic E-state index is -0.206. The zero-order valence-electron chi connectivity index (χ0n) is 13.8. The highest BCUT2D eigenvalue weighted by molar-refractivity contribution is 7.20. The monoisotopic (exact) mass is 353 g/mol. The number of fused-ring (bicyclic) bond motifs is 1. The van der Waals surface area contributed by atoms with E-state index in [9.17, 15) is 9.59 Å². The first-order chi connectivity index (χ1) is 12.1. The number of nitrogens with two attached hydrogens (primary N) is 1. The van der Waals surface area contributed by atoms with Crippen LogP contribution in [-0.4, -0.2) is 24.9 Å². The zero-order valence-corrected chi connectivity index (χ0v) is 14.7. The van der Waals surface area contributed by atoms with E-state index >= 15 is 0 Å². The van der Waals surface area contributed by atoms with E-state index in [4.69, 9.17) is 5.73 Å². The molecular formula is C19H19N3O2S. The molecule has 6 heteroatoms. The van der Waals surface area contributed by atoms with Gasteiger partial charge >= 0.3 is 0 Å². The maximum atomic E-state index is 12.6. The molecule has 0 spiro atoms. The number of hydrogen-bond donors (Lipinski definition) is 3. The second-order valence-electron chi connectivity index (χ2n) is 5.68. The summed E-state index contributed by atoms with van der Waals surface area (Å²) in [7, 11) is 0. The molecule has 25 heavy (non-hydrogen) atoms. The van der Waals surface area contributed by atoms with Gasteiger partial charge in [-0.2, -0.15) is 0 Å². The fourth-order valence-electron chi connectivity index (χ4n) is 2.46. The van der Waals surface area contributed by atoms with Crippen molar-refractivity contribution >= 4 is 38.9 Å². The van der Waals surface area contributed by atoms with Crippen LogP contribution in [0.25, 0.3) is 10.1 Å². The molecule has 0 bridgehead atoms. The molecule has 0 aliphatic carbocycles. The molecule has 1 aromatic heterocycles. The molecular weight excluding hydrogens is 334 g/mol. The lowest BCUT2D eigenvalue weighted by Gasteiger charge is -2.10.